The molecule has 1 aliphatic heterocycles. The van der Waals surface area contributed by atoms with E-state index in [1.807, 2.05) is 17.0 Å². The molecule has 0 aliphatic carbocycles. The summed E-state index contributed by atoms with van der Waals surface area (Å²) in [5, 5.41) is 2.93. The zero-order chi connectivity index (χ0) is 12.8. The van der Waals surface area contributed by atoms with E-state index in [1.54, 1.807) is 12.4 Å². The zero-order valence-corrected chi connectivity index (χ0v) is 10.8. The highest BCUT2D eigenvalue weighted by Crippen LogP contribution is 2.02. The number of carbonyl (C=O) groups excluding carboxylic acids is 1. The number of carbonyl (C=O) groups is 1. The Bertz CT molecular complexity index is 374. The minimum absolute atomic E-state index is 0.0228. The van der Waals surface area contributed by atoms with Gasteiger partial charge < -0.3 is 15.1 Å². The molecule has 0 spiro atoms. The van der Waals surface area contributed by atoms with Crippen molar-refractivity contribution in [3.63, 3.8) is 0 Å². The van der Waals surface area contributed by atoms with Crippen LogP contribution in [0.15, 0.2) is 24.5 Å². The molecule has 1 saturated heterocycles. The first-order valence-corrected chi connectivity index (χ1v) is 6.43. The molecular weight excluding hydrogens is 228 g/mol. The standard InChI is InChI=1S/C13H20N4O/c1-2-16-6-8-17(9-7-16)13(18)15-11-12-4-3-5-14-10-12/h3-5,10H,2,6-9,11H2,1H3,(H,15,18). The number of nitrogens with zero attached hydrogens (tertiary/aromatic N) is 3. The van der Waals surface area contributed by atoms with Crippen molar-refractivity contribution in [2.24, 2.45) is 0 Å². The van der Waals surface area contributed by atoms with E-state index in [0.29, 0.717) is 6.54 Å². The molecule has 0 radical (unpaired) electrons. The van der Waals surface area contributed by atoms with Gasteiger partial charge in [0, 0.05) is 45.1 Å². The molecule has 0 unspecified atom stereocenters. The van der Waals surface area contributed by atoms with Crippen LogP contribution in [0.25, 0.3) is 0 Å². The van der Waals surface area contributed by atoms with Crippen LogP contribution in [-0.2, 0) is 6.54 Å². The molecule has 98 valence electrons. The van der Waals surface area contributed by atoms with Crippen molar-refractivity contribution in [3.8, 4) is 0 Å². The number of aromatic nitrogens is 1. The number of rotatable bonds is 3. The summed E-state index contributed by atoms with van der Waals surface area (Å²) in [6, 6.07) is 3.86. The monoisotopic (exact) mass is 248 g/mol. The molecule has 1 fully saturated rings. The molecule has 1 aromatic rings. The van der Waals surface area contributed by atoms with Crippen LogP contribution < -0.4 is 5.32 Å². The van der Waals surface area contributed by atoms with Crippen LogP contribution >= 0.6 is 0 Å². The fraction of sp³-hybridized carbons (Fsp3) is 0.538. The molecule has 1 N–H and O–H groups in total. The summed E-state index contributed by atoms with van der Waals surface area (Å²) in [5.74, 6) is 0. The van der Waals surface area contributed by atoms with Gasteiger partial charge in [-0.05, 0) is 18.2 Å². The quantitative estimate of drug-likeness (QED) is 0.865. The van der Waals surface area contributed by atoms with Gasteiger partial charge in [0.2, 0.25) is 0 Å². The Morgan fingerprint density at radius 3 is 2.78 bits per heavy atom. The summed E-state index contributed by atoms with van der Waals surface area (Å²) in [6.07, 6.45) is 3.50. The minimum atomic E-state index is 0.0228. The Hall–Kier alpha value is -1.62. The van der Waals surface area contributed by atoms with Gasteiger partial charge in [0.05, 0.1) is 0 Å². The maximum absolute atomic E-state index is 11.9. The van der Waals surface area contributed by atoms with Gasteiger partial charge in [-0.2, -0.15) is 0 Å². The Balaban J connectivity index is 1.75. The van der Waals surface area contributed by atoms with E-state index < -0.39 is 0 Å². The molecule has 0 bridgehead atoms. The van der Waals surface area contributed by atoms with E-state index in [9.17, 15) is 4.79 Å². The normalized spacial score (nSPS) is 16.6. The molecular formula is C13H20N4O. The van der Waals surface area contributed by atoms with Crippen molar-refractivity contribution in [3.05, 3.63) is 30.1 Å². The van der Waals surface area contributed by atoms with Gasteiger partial charge in [-0.15, -0.1) is 0 Å². The van der Waals surface area contributed by atoms with Gasteiger partial charge in [-0.1, -0.05) is 13.0 Å². The number of hydrogen-bond acceptors (Lipinski definition) is 3. The summed E-state index contributed by atoms with van der Waals surface area (Å²) in [5.41, 5.74) is 1.03. The van der Waals surface area contributed by atoms with Crippen LogP contribution in [-0.4, -0.2) is 53.5 Å². The first kappa shape index (κ1) is 12.8. The Morgan fingerprint density at radius 1 is 1.39 bits per heavy atom. The van der Waals surface area contributed by atoms with Crippen LogP contribution in [0.5, 0.6) is 0 Å². The van der Waals surface area contributed by atoms with Crippen molar-refractivity contribution in [2.75, 3.05) is 32.7 Å². The van der Waals surface area contributed by atoms with E-state index in [2.05, 4.69) is 22.1 Å². The number of likely N-dealkylation sites (N-methyl/N-ethyl adjacent to an activating group) is 1. The van der Waals surface area contributed by atoms with Gasteiger partial charge in [-0.3, -0.25) is 4.98 Å². The lowest BCUT2D eigenvalue weighted by Crippen LogP contribution is -2.51. The first-order valence-electron chi connectivity index (χ1n) is 6.43. The average Bonchev–Trinajstić information content (AvgIpc) is 2.46. The highest BCUT2D eigenvalue weighted by molar-refractivity contribution is 5.74. The molecule has 0 saturated carbocycles. The SMILES string of the molecule is CCN1CCN(C(=O)NCc2cccnc2)CC1. The Labute approximate surface area is 108 Å². The summed E-state index contributed by atoms with van der Waals surface area (Å²) in [7, 11) is 0. The van der Waals surface area contributed by atoms with Crippen molar-refractivity contribution in [1.82, 2.24) is 20.1 Å². The first-order chi connectivity index (χ1) is 8.79. The largest absolute Gasteiger partial charge is 0.334 e. The smallest absolute Gasteiger partial charge is 0.317 e. The third kappa shape index (κ3) is 3.43. The van der Waals surface area contributed by atoms with Gasteiger partial charge in [0.15, 0.2) is 0 Å². The van der Waals surface area contributed by atoms with Crippen molar-refractivity contribution in [2.45, 2.75) is 13.5 Å². The number of amides is 2. The van der Waals surface area contributed by atoms with Crippen LogP contribution in [0.4, 0.5) is 4.79 Å². The summed E-state index contributed by atoms with van der Waals surface area (Å²) in [4.78, 5) is 20.2. The van der Waals surface area contributed by atoms with E-state index >= 15 is 0 Å². The van der Waals surface area contributed by atoms with Crippen LogP contribution in [0.1, 0.15) is 12.5 Å². The summed E-state index contributed by atoms with van der Waals surface area (Å²) >= 11 is 0. The van der Waals surface area contributed by atoms with Crippen molar-refractivity contribution < 1.29 is 4.79 Å². The van der Waals surface area contributed by atoms with E-state index in [4.69, 9.17) is 0 Å². The lowest BCUT2D eigenvalue weighted by molar-refractivity contribution is 0.142. The molecule has 1 aromatic heterocycles. The molecule has 0 aromatic carbocycles. The molecule has 18 heavy (non-hydrogen) atoms. The average molecular weight is 248 g/mol. The van der Waals surface area contributed by atoms with Crippen molar-refractivity contribution >= 4 is 6.03 Å². The van der Waals surface area contributed by atoms with Crippen molar-refractivity contribution in [1.29, 1.82) is 0 Å². The number of pyridine rings is 1. The molecule has 2 amide bonds. The third-order valence-corrected chi connectivity index (χ3v) is 3.27. The van der Waals surface area contributed by atoms with E-state index in [-0.39, 0.29) is 6.03 Å². The fourth-order valence-corrected chi connectivity index (χ4v) is 2.06. The number of piperazine rings is 1. The number of nitrogens with one attached hydrogen (secondary N) is 1. The topological polar surface area (TPSA) is 48.5 Å². The zero-order valence-electron chi connectivity index (χ0n) is 10.8. The molecule has 5 nitrogen and oxygen atoms in total. The highest BCUT2D eigenvalue weighted by Gasteiger charge is 2.19. The van der Waals surface area contributed by atoms with E-state index in [1.165, 1.54) is 0 Å². The minimum Gasteiger partial charge on any atom is -0.334 e. The second kappa shape index (κ2) is 6.35. The predicted octanol–water partition coefficient (Wildman–Crippen LogP) is 0.929. The molecule has 2 heterocycles. The summed E-state index contributed by atoms with van der Waals surface area (Å²) < 4.78 is 0. The van der Waals surface area contributed by atoms with Gasteiger partial charge >= 0.3 is 6.03 Å². The van der Waals surface area contributed by atoms with Crippen LogP contribution in [0, 0.1) is 0 Å². The summed E-state index contributed by atoms with van der Waals surface area (Å²) in [6.45, 7) is 7.32. The predicted molar refractivity (Wildman–Crippen MR) is 70.2 cm³/mol. The second-order valence-electron chi connectivity index (χ2n) is 4.44. The Morgan fingerprint density at radius 2 is 2.17 bits per heavy atom. The Kier molecular flexibility index (Phi) is 4.52. The lowest BCUT2D eigenvalue weighted by Gasteiger charge is -2.33. The molecule has 0 atom stereocenters. The maximum Gasteiger partial charge on any atom is 0.317 e. The second-order valence-corrected chi connectivity index (χ2v) is 4.44. The van der Waals surface area contributed by atoms with Gasteiger partial charge in [0.25, 0.3) is 0 Å². The fourth-order valence-electron chi connectivity index (χ4n) is 2.06. The van der Waals surface area contributed by atoms with E-state index in [0.717, 1.165) is 38.3 Å². The lowest BCUT2D eigenvalue weighted by atomic mass is 10.3. The molecule has 2 rings (SSSR count). The molecule has 1 aliphatic rings. The third-order valence-electron chi connectivity index (χ3n) is 3.27. The number of urea groups is 1. The number of hydrogen-bond donors (Lipinski definition) is 1. The molecule has 5 heteroatoms. The van der Waals surface area contributed by atoms with Crippen LogP contribution in [0.2, 0.25) is 0 Å². The van der Waals surface area contributed by atoms with Gasteiger partial charge in [0.1, 0.15) is 0 Å². The maximum atomic E-state index is 11.9. The van der Waals surface area contributed by atoms with Crippen LogP contribution in [0.3, 0.4) is 0 Å². The highest BCUT2D eigenvalue weighted by atomic mass is 16.2. The van der Waals surface area contributed by atoms with Gasteiger partial charge in [-0.25, -0.2) is 4.79 Å².